The molecule has 10 heteroatoms. The van der Waals surface area contributed by atoms with Crippen molar-refractivity contribution in [3.63, 3.8) is 0 Å². The van der Waals surface area contributed by atoms with Gasteiger partial charge in [0, 0.05) is 13.1 Å². The Morgan fingerprint density at radius 1 is 0.528 bits per heavy atom. The van der Waals surface area contributed by atoms with Crippen molar-refractivity contribution in [3.8, 4) is 0 Å². The first kappa shape index (κ1) is 33.8. The van der Waals surface area contributed by atoms with Crippen molar-refractivity contribution in [1.29, 1.82) is 0 Å². The average molecular weight is 517 g/mol. The van der Waals surface area contributed by atoms with E-state index < -0.39 is 36.0 Å². The highest BCUT2D eigenvalue weighted by molar-refractivity contribution is 5.83. The topological polar surface area (TPSA) is 129 Å². The lowest BCUT2D eigenvalue weighted by molar-refractivity contribution is -0.153. The van der Waals surface area contributed by atoms with Gasteiger partial charge < -0.3 is 29.6 Å². The minimum absolute atomic E-state index is 0.152. The summed E-state index contributed by atoms with van der Waals surface area (Å²) in [6, 6.07) is -1.74. The number of hydrogen-bond donors (Lipinski definition) is 2. The van der Waals surface area contributed by atoms with Crippen molar-refractivity contribution >= 4 is 23.9 Å². The van der Waals surface area contributed by atoms with Crippen LogP contribution >= 0.6 is 0 Å². The lowest BCUT2D eigenvalue weighted by Gasteiger charge is -2.20. The first-order valence-corrected chi connectivity index (χ1v) is 13.5. The van der Waals surface area contributed by atoms with Gasteiger partial charge in [-0.1, -0.05) is 53.4 Å². The SMILES string of the molecule is CCCCOC(=O)C[C@H](NCCN[C@@H](CC(=O)OCCCC)C(=O)OCCCC)C(=O)OCCCC. The predicted molar refractivity (Wildman–Crippen MR) is 136 cm³/mol. The van der Waals surface area contributed by atoms with E-state index in [0.717, 1.165) is 51.4 Å². The molecular formula is C26H48N2O8. The van der Waals surface area contributed by atoms with Crippen LogP contribution in [0.3, 0.4) is 0 Å². The minimum Gasteiger partial charge on any atom is -0.466 e. The van der Waals surface area contributed by atoms with E-state index in [9.17, 15) is 19.2 Å². The highest BCUT2D eigenvalue weighted by atomic mass is 16.5. The molecule has 0 saturated heterocycles. The van der Waals surface area contributed by atoms with Gasteiger partial charge in [-0.2, -0.15) is 0 Å². The van der Waals surface area contributed by atoms with Gasteiger partial charge in [-0.05, 0) is 25.7 Å². The zero-order chi connectivity index (χ0) is 27.0. The van der Waals surface area contributed by atoms with Crippen molar-refractivity contribution in [1.82, 2.24) is 10.6 Å². The summed E-state index contributed by atoms with van der Waals surface area (Å²) < 4.78 is 20.9. The van der Waals surface area contributed by atoms with Crippen molar-refractivity contribution in [2.45, 2.75) is 104 Å². The van der Waals surface area contributed by atoms with E-state index in [2.05, 4.69) is 10.6 Å². The largest absolute Gasteiger partial charge is 0.466 e. The second-order valence-electron chi connectivity index (χ2n) is 8.61. The van der Waals surface area contributed by atoms with Crippen LogP contribution in [0.2, 0.25) is 0 Å². The quantitative estimate of drug-likeness (QED) is 0.119. The second-order valence-corrected chi connectivity index (χ2v) is 8.61. The summed E-state index contributed by atoms with van der Waals surface area (Å²) in [6.45, 7) is 9.65. The summed E-state index contributed by atoms with van der Waals surface area (Å²) in [5, 5.41) is 6.01. The minimum atomic E-state index is -0.869. The van der Waals surface area contributed by atoms with Gasteiger partial charge in [0.1, 0.15) is 12.1 Å². The van der Waals surface area contributed by atoms with Gasteiger partial charge in [0.25, 0.3) is 0 Å². The monoisotopic (exact) mass is 516 g/mol. The molecule has 36 heavy (non-hydrogen) atoms. The van der Waals surface area contributed by atoms with Gasteiger partial charge in [-0.3, -0.25) is 19.2 Å². The summed E-state index contributed by atoms with van der Waals surface area (Å²) in [5.41, 5.74) is 0. The Hall–Kier alpha value is -2.20. The molecule has 0 aliphatic heterocycles. The molecule has 0 aromatic rings. The zero-order valence-corrected chi connectivity index (χ0v) is 22.7. The van der Waals surface area contributed by atoms with Crippen LogP contribution in [-0.4, -0.2) is 75.5 Å². The number of unbranched alkanes of at least 4 members (excludes halogenated alkanes) is 4. The number of esters is 4. The highest BCUT2D eigenvalue weighted by Crippen LogP contribution is 2.03. The molecule has 2 N–H and O–H groups in total. The molecule has 0 fully saturated rings. The number of carbonyl (C=O) groups excluding carboxylic acids is 4. The van der Waals surface area contributed by atoms with E-state index in [1.54, 1.807) is 0 Å². The van der Waals surface area contributed by atoms with Crippen LogP contribution < -0.4 is 10.6 Å². The number of ether oxygens (including phenoxy) is 4. The molecule has 0 heterocycles. The fourth-order valence-electron chi connectivity index (χ4n) is 2.92. The molecule has 10 nitrogen and oxygen atoms in total. The van der Waals surface area contributed by atoms with E-state index >= 15 is 0 Å². The van der Waals surface area contributed by atoms with Gasteiger partial charge in [0.05, 0.1) is 39.3 Å². The summed E-state index contributed by atoms with van der Waals surface area (Å²) in [5.74, 6) is -2.00. The Balaban J connectivity index is 4.89. The summed E-state index contributed by atoms with van der Waals surface area (Å²) in [7, 11) is 0. The molecule has 0 aliphatic rings. The third-order valence-electron chi connectivity index (χ3n) is 5.22. The maximum atomic E-state index is 12.5. The van der Waals surface area contributed by atoms with Crippen LogP contribution in [0.1, 0.15) is 91.9 Å². The Morgan fingerprint density at radius 3 is 1.14 bits per heavy atom. The van der Waals surface area contributed by atoms with Gasteiger partial charge in [-0.15, -0.1) is 0 Å². The second kappa shape index (κ2) is 23.2. The van der Waals surface area contributed by atoms with E-state index in [-0.39, 0.29) is 39.1 Å². The van der Waals surface area contributed by atoms with Crippen molar-refractivity contribution in [2.75, 3.05) is 39.5 Å². The Bertz CT molecular complexity index is 563. The van der Waals surface area contributed by atoms with Gasteiger partial charge >= 0.3 is 23.9 Å². The molecule has 0 rings (SSSR count). The zero-order valence-electron chi connectivity index (χ0n) is 22.7. The van der Waals surface area contributed by atoms with Gasteiger partial charge in [0.2, 0.25) is 0 Å². The average Bonchev–Trinajstić information content (AvgIpc) is 2.85. The number of nitrogens with one attached hydrogen (secondary N) is 2. The molecule has 210 valence electrons. The molecule has 0 aromatic carbocycles. The molecule has 0 saturated carbocycles. The maximum Gasteiger partial charge on any atom is 0.323 e. The lowest BCUT2D eigenvalue weighted by Crippen LogP contribution is -2.46. The van der Waals surface area contributed by atoms with Crippen molar-refractivity contribution < 1.29 is 38.1 Å². The highest BCUT2D eigenvalue weighted by Gasteiger charge is 2.26. The van der Waals surface area contributed by atoms with E-state index in [4.69, 9.17) is 18.9 Å². The fraction of sp³-hybridized carbons (Fsp3) is 0.846. The Morgan fingerprint density at radius 2 is 0.833 bits per heavy atom. The maximum absolute atomic E-state index is 12.5. The predicted octanol–water partition coefficient (Wildman–Crippen LogP) is 3.06. The molecular weight excluding hydrogens is 468 g/mol. The Kier molecular flexibility index (Phi) is 21.8. The van der Waals surface area contributed by atoms with Crippen LogP contribution in [0.4, 0.5) is 0 Å². The number of rotatable bonds is 23. The van der Waals surface area contributed by atoms with Gasteiger partial charge in [0.15, 0.2) is 0 Å². The first-order valence-electron chi connectivity index (χ1n) is 13.5. The summed E-state index contributed by atoms with van der Waals surface area (Å²) in [6.07, 6.45) is 6.23. The molecule has 0 radical (unpaired) electrons. The smallest absolute Gasteiger partial charge is 0.323 e. The molecule has 0 unspecified atom stereocenters. The molecule has 0 spiro atoms. The fourth-order valence-corrected chi connectivity index (χ4v) is 2.92. The standard InChI is InChI=1S/C26H48N2O8/c1-5-9-15-33-23(29)19-21(25(31)35-17-11-7-3)27-13-14-28-22(26(32)36-18-12-8-4)20-24(30)34-16-10-6-2/h21-22,27-28H,5-20H2,1-4H3/t21-,22-/m0/s1. The van der Waals surface area contributed by atoms with Gasteiger partial charge in [-0.25, -0.2) is 0 Å². The molecule has 0 aromatic heterocycles. The normalized spacial score (nSPS) is 12.4. The van der Waals surface area contributed by atoms with Crippen LogP contribution in [-0.2, 0) is 38.1 Å². The van der Waals surface area contributed by atoms with E-state index in [1.165, 1.54) is 0 Å². The van der Waals surface area contributed by atoms with E-state index in [1.807, 2.05) is 27.7 Å². The van der Waals surface area contributed by atoms with Crippen molar-refractivity contribution in [3.05, 3.63) is 0 Å². The first-order chi connectivity index (χ1) is 17.4. The third kappa shape index (κ3) is 18.1. The number of carbonyl (C=O) groups is 4. The molecule has 2 atom stereocenters. The van der Waals surface area contributed by atoms with E-state index in [0.29, 0.717) is 13.2 Å². The lowest BCUT2D eigenvalue weighted by atomic mass is 10.2. The van der Waals surface area contributed by atoms with Crippen LogP contribution in [0.5, 0.6) is 0 Å². The molecule has 0 amide bonds. The van der Waals surface area contributed by atoms with Crippen LogP contribution in [0, 0.1) is 0 Å². The number of hydrogen-bond acceptors (Lipinski definition) is 10. The van der Waals surface area contributed by atoms with Crippen molar-refractivity contribution in [2.24, 2.45) is 0 Å². The summed E-state index contributed by atoms with van der Waals surface area (Å²) in [4.78, 5) is 49.3. The Labute approximate surface area is 216 Å². The summed E-state index contributed by atoms with van der Waals surface area (Å²) >= 11 is 0. The van der Waals surface area contributed by atoms with Crippen LogP contribution in [0.25, 0.3) is 0 Å². The molecule has 0 bridgehead atoms. The van der Waals surface area contributed by atoms with Crippen LogP contribution in [0.15, 0.2) is 0 Å². The third-order valence-corrected chi connectivity index (χ3v) is 5.22. The molecule has 0 aliphatic carbocycles.